The van der Waals surface area contributed by atoms with Gasteiger partial charge in [-0.15, -0.1) is 0 Å². The van der Waals surface area contributed by atoms with Crippen molar-refractivity contribution in [2.45, 2.75) is 6.42 Å². The molecule has 0 aliphatic carbocycles. The quantitative estimate of drug-likeness (QED) is 0.753. The van der Waals surface area contributed by atoms with E-state index in [4.69, 9.17) is 6.57 Å². The Morgan fingerprint density at radius 2 is 2.07 bits per heavy atom. The molecule has 0 radical (unpaired) electrons. The van der Waals surface area contributed by atoms with Crippen molar-refractivity contribution in [2.24, 2.45) is 0 Å². The predicted octanol–water partition coefficient (Wildman–Crippen LogP) is 2.54. The molecule has 15 heavy (non-hydrogen) atoms. The lowest BCUT2D eigenvalue weighted by Gasteiger charge is -1.99. The van der Waals surface area contributed by atoms with E-state index in [0.29, 0.717) is 6.54 Å². The van der Waals surface area contributed by atoms with Crippen LogP contribution in [0, 0.1) is 6.57 Å². The van der Waals surface area contributed by atoms with Gasteiger partial charge in [0.25, 0.3) is 0 Å². The molecule has 1 N–H and O–H groups in total. The standard InChI is InChI=1S/C12H11N3/c1-13-8-7-11-9-14-15-12(11)10-5-3-2-4-6-10/h2-6,9H,7-8H2,(H,14,15). The number of hydrogen-bond acceptors (Lipinski definition) is 1. The summed E-state index contributed by atoms with van der Waals surface area (Å²) in [6.45, 7) is 7.29. The second-order valence-corrected chi connectivity index (χ2v) is 3.27. The van der Waals surface area contributed by atoms with Crippen molar-refractivity contribution < 1.29 is 0 Å². The molecular weight excluding hydrogens is 186 g/mol. The first kappa shape index (κ1) is 9.47. The highest BCUT2D eigenvalue weighted by Crippen LogP contribution is 2.20. The maximum absolute atomic E-state index is 6.77. The van der Waals surface area contributed by atoms with E-state index in [0.717, 1.165) is 23.2 Å². The summed E-state index contributed by atoms with van der Waals surface area (Å²) in [6, 6.07) is 10.0. The maximum Gasteiger partial charge on any atom is 0.218 e. The van der Waals surface area contributed by atoms with Gasteiger partial charge in [-0.25, -0.2) is 6.57 Å². The molecule has 0 aliphatic heterocycles. The zero-order valence-corrected chi connectivity index (χ0v) is 8.27. The van der Waals surface area contributed by atoms with Gasteiger partial charge in [0.15, 0.2) is 0 Å². The van der Waals surface area contributed by atoms with Crippen molar-refractivity contribution in [3.63, 3.8) is 0 Å². The van der Waals surface area contributed by atoms with Crippen LogP contribution in [0.5, 0.6) is 0 Å². The summed E-state index contributed by atoms with van der Waals surface area (Å²) < 4.78 is 0. The van der Waals surface area contributed by atoms with Crippen LogP contribution < -0.4 is 0 Å². The first-order chi connectivity index (χ1) is 7.42. The number of nitrogens with one attached hydrogen (secondary N) is 1. The van der Waals surface area contributed by atoms with Crippen LogP contribution in [-0.2, 0) is 6.42 Å². The average Bonchev–Trinajstić information content (AvgIpc) is 2.75. The SMILES string of the molecule is [C-]#[N+]CCc1cn[nH]c1-c1ccccc1. The topological polar surface area (TPSA) is 33.0 Å². The first-order valence-corrected chi connectivity index (χ1v) is 4.82. The number of benzene rings is 1. The molecule has 0 unspecified atom stereocenters. The van der Waals surface area contributed by atoms with Crippen LogP contribution in [0.1, 0.15) is 5.56 Å². The van der Waals surface area contributed by atoms with E-state index >= 15 is 0 Å². The summed E-state index contributed by atoms with van der Waals surface area (Å²) in [5.41, 5.74) is 3.26. The minimum Gasteiger partial charge on any atom is -0.317 e. The molecule has 0 fully saturated rings. The van der Waals surface area contributed by atoms with E-state index in [-0.39, 0.29) is 0 Å². The molecule has 3 nitrogen and oxygen atoms in total. The molecule has 1 heterocycles. The Kier molecular flexibility index (Phi) is 2.80. The molecule has 0 bridgehead atoms. The predicted molar refractivity (Wildman–Crippen MR) is 59.2 cm³/mol. The molecule has 2 rings (SSSR count). The molecule has 74 valence electrons. The van der Waals surface area contributed by atoms with E-state index in [2.05, 4.69) is 15.0 Å². The van der Waals surface area contributed by atoms with E-state index < -0.39 is 0 Å². The minimum atomic E-state index is 0.513. The summed E-state index contributed by atoms with van der Waals surface area (Å²) in [4.78, 5) is 3.35. The Labute approximate surface area is 88.6 Å². The molecule has 0 saturated carbocycles. The van der Waals surface area contributed by atoms with Crippen molar-refractivity contribution in [1.82, 2.24) is 10.2 Å². The molecule has 1 aromatic heterocycles. The average molecular weight is 197 g/mol. The Balaban J connectivity index is 2.30. The van der Waals surface area contributed by atoms with Crippen LogP contribution in [0.3, 0.4) is 0 Å². The summed E-state index contributed by atoms with van der Waals surface area (Å²) >= 11 is 0. The maximum atomic E-state index is 6.77. The summed E-state index contributed by atoms with van der Waals surface area (Å²) in [5, 5.41) is 7.00. The van der Waals surface area contributed by atoms with Crippen molar-refractivity contribution in [3.05, 3.63) is 53.5 Å². The molecular formula is C12H11N3. The van der Waals surface area contributed by atoms with Crippen molar-refractivity contribution in [1.29, 1.82) is 0 Å². The van der Waals surface area contributed by atoms with E-state index in [1.165, 1.54) is 0 Å². The Bertz CT molecular complexity index is 465. The smallest absolute Gasteiger partial charge is 0.218 e. The Morgan fingerprint density at radius 1 is 1.27 bits per heavy atom. The molecule has 0 atom stereocenters. The number of nitrogens with zero attached hydrogens (tertiary/aromatic N) is 2. The summed E-state index contributed by atoms with van der Waals surface area (Å²) in [7, 11) is 0. The van der Waals surface area contributed by atoms with Crippen LogP contribution in [0.25, 0.3) is 16.1 Å². The van der Waals surface area contributed by atoms with Crippen molar-refractivity contribution in [2.75, 3.05) is 6.54 Å². The lowest BCUT2D eigenvalue weighted by Crippen LogP contribution is -1.89. The zero-order chi connectivity index (χ0) is 10.5. The van der Waals surface area contributed by atoms with Gasteiger partial charge in [-0.2, -0.15) is 5.10 Å². The molecule has 0 saturated heterocycles. The molecule has 0 spiro atoms. The van der Waals surface area contributed by atoms with E-state index in [9.17, 15) is 0 Å². The molecule has 0 amide bonds. The van der Waals surface area contributed by atoms with Crippen LogP contribution in [-0.4, -0.2) is 16.7 Å². The van der Waals surface area contributed by atoms with Gasteiger partial charge >= 0.3 is 0 Å². The highest BCUT2D eigenvalue weighted by molar-refractivity contribution is 5.62. The molecule has 1 aromatic carbocycles. The number of aromatic nitrogens is 2. The van der Waals surface area contributed by atoms with Crippen LogP contribution in [0.15, 0.2) is 36.5 Å². The summed E-state index contributed by atoms with van der Waals surface area (Å²) in [6.07, 6.45) is 2.55. The van der Waals surface area contributed by atoms with Crippen LogP contribution in [0.4, 0.5) is 0 Å². The highest BCUT2D eigenvalue weighted by Gasteiger charge is 2.07. The van der Waals surface area contributed by atoms with Gasteiger partial charge < -0.3 is 4.85 Å². The monoisotopic (exact) mass is 197 g/mol. The van der Waals surface area contributed by atoms with Gasteiger partial charge in [0.2, 0.25) is 6.54 Å². The van der Waals surface area contributed by atoms with Gasteiger partial charge in [0.05, 0.1) is 11.9 Å². The van der Waals surface area contributed by atoms with Crippen LogP contribution >= 0.6 is 0 Å². The summed E-state index contributed by atoms with van der Waals surface area (Å²) in [5.74, 6) is 0. The Hall–Kier alpha value is -2.08. The second-order valence-electron chi connectivity index (χ2n) is 3.27. The number of hydrogen-bond donors (Lipinski definition) is 1. The second kappa shape index (κ2) is 4.43. The molecule has 0 aliphatic rings. The van der Waals surface area contributed by atoms with Gasteiger partial charge in [-0.1, -0.05) is 30.3 Å². The lowest BCUT2D eigenvalue weighted by atomic mass is 10.1. The number of rotatable bonds is 3. The fraction of sp³-hybridized carbons (Fsp3) is 0.167. The van der Waals surface area contributed by atoms with E-state index in [1.807, 2.05) is 30.3 Å². The third-order valence-corrected chi connectivity index (χ3v) is 2.27. The first-order valence-electron chi connectivity index (χ1n) is 4.82. The lowest BCUT2D eigenvalue weighted by molar-refractivity contribution is 1.08. The highest BCUT2D eigenvalue weighted by atomic mass is 15.1. The Morgan fingerprint density at radius 3 is 2.80 bits per heavy atom. The zero-order valence-electron chi connectivity index (χ0n) is 8.27. The van der Waals surface area contributed by atoms with Gasteiger partial charge in [0, 0.05) is 12.0 Å². The van der Waals surface area contributed by atoms with Crippen LogP contribution in [0.2, 0.25) is 0 Å². The van der Waals surface area contributed by atoms with Crippen molar-refractivity contribution in [3.8, 4) is 11.3 Å². The number of aromatic amines is 1. The molecule has 2 aromatic rings. The van der Waals surface area contributed by atoms with Gasteiger partial charge in [0.1, 0.15) is 0 Å². The largest absolute Gasteiger partial charge is 0.317 e. The van der Waals surface area contributed by atoms with E-state index in [1.54, 1.807) is 6.20 Å². The third-order valence-electron chi connectivity index (χ3n) is 2.27. The van der Waals surface area contributed by atoms with Gasteiger partial charge in [-0.05, 0) is 5.56 Å². The normalized spacial score (nSPS) is 9.80. The molecule has 3 heteroatoms. The fourth-order valence-electron chi connectivity index (χ4n) is 1.53. The minimum absolute atomic E-state index is 0.513. The third kappa shape index (κ3) is 2.05. The van der Waals surface area contributed by atoms with Gasteiger partial charge in [-0.3, -0.25) is 5.10 Å². The van der Waals surface area contributed by atoms with Crippen molar-refractivity contribution >= 4 is 0 Å². The number of H-pyrrole nitrogens is 1. The fourth-order valence-corrected chi connectivity index (χ4v) is 1.53.